The largest absolute Gasteiger partial charge is 0.493 e. The molecule has 3 aromatic rings. The molecule has 1 aliphatic heterocycles. The summed E-state index contributed by atoms with van der Waals surface area (Å²) in [6.45, 7) is 4.84. The van der Waals surface area contributed by atoms with Gasteiger partial charge in [0.15, 0.2) is 5.78 Å². The molecule has 2 aromatic carbocycles. The number of fused-ring (bicyclic) bond motifs is 1. The second-order valence-corrected chi connectivity index (χ2v) is 9.24. The quantitative estimate of drug-likeness (QED) is 0.371. The van der Waals surface area contributed by atoms with Crippen molar-refractivity contribution in [3.05, 3.63) is 56.9 Å². The number of allylic oxidation sites excluding steroid dienone is 1. The lowest BCUT2D eigenvalue weighted by Gasteiger charge is -2.11. The van der Waals surface area contributed by atoms with Crippen LogP contribution in [0.4, 0.5) is 0 Å². The van der Waals surface area contributed by atoms with Crippen LogP contribution in [0.1, 0.15) is 48.2 Å². The summed E-state index contributed by atoms with van der Waals surface area (Å²) in [5, 5.41) is 20.5. The molecule has 0 aliphatic carbocycles. The Bertz CT molecular complexity index is 1140. The maximum atomic E-state index is 13.1. The number of rotatable bonds is 7. The zero-order chi connectivity index (χ0) is 21.1. The van der Waals surface area contributed by atoms with Crippen molar-refractivity contribution in [3.63, 3.8) is 0 Å². The third kappa shape index (κ3) is 4.04. The number of thioether (sulfide) groups is 1. The van der Waals surface area contributed by atoms with Crippen LogP contribution in [0.2, 0.25) is 0 Å². The molecule has 1 aliphatic rings. The number of Topliss-reactive ketones (excluding diaryl/α,β-unsaturated/α-hetero) is 1. The van der Waals surface area contributed by atoms with E-state index in [-0.39, 0.29) is 5.78 Å². The molecular weight excluding hydrogens is 414 g/mol. The summed E-state index contributed by atoms with van der Waals surface area (Å²) >= 11 is 2.64. The van der Waals surface area contributed by atoms with Gasteiger partial charge in [0, 0.05) is 5.39 Å². The monoisotopic (exact) mass is 437 g/mol. The summed E-state index contributed by atoms with van der Waals surface area (Å²) < 4.78 is 5.97. The van der Waals surface area contributed by atoms with Gasteiger partial charge in [-0.3, -0.25) is 10.2 Å². The van der Waals surface area contributed by atoms with E-state index in [0.29, 0.717) is 21.6 Å². The molecule has 1 aromatic heterocycles. The number of aryl methyl sites for hydroxylation is 1. The topological polar surface area (TPSA) is 75.9 Å². The molecule has 1 N–H and O–H groups in total. The minimum atomic E-state index is -0.623. The van der Waals surface area contributed by atoms with E-state index in [1.165, 1.54) is 23.1 Å². The number of unbranched alkanes of at least 4 members (excludes halogenated alkanes) is 1. The summed E-state index contributed by atoms with van der Waals surface area (Å²) in [6, 6.07) is 12.0. The fourth-order valence-corrected chi connectivity index (χ4v) is 5.30. The number of ether oxygens (including phenoxy) is 1. The molecule has 7 heteroatoms. The normalized spacial score (nSPS) is 17.9. The van der Waals surface area contributed by atoms with Crippen molar-refractivity contribution in [2.75, 3.05) is 6.61 Å². The number of aromatic nitrogens is 2. The molecule has 0 amide bonds. The maximum absolute atomic E-state index is 13.1. The molecule has 1 unspecified atom stereocenters. The Kier molecular flexibility index (Phi) is 6.29. The lowest BCUT2D eigenvalue weighted by molar-refractivity contribution is -0.114. The van der Waals surface area contributed by atoms with Crippen molar-refractivity contribution in [3.8, 4) is 5.75 Å². The van der Waals surface area contributed by atoms with Gasteiger partial charge in [-0.05, 0) is 35.9 Å². The minimum Gasteiger partial charge on any atom is -0.493 e. The van der Waals surface area contributed by atoms with Crippen LogP contribution in [-0.4, -0.2) is 27.6 Å². The second kappa shape index (κ2) is 9.10. The number of carbonyl (C=O) groups is 1. The van der Waals surface area contributed by atoms with E-state index in [4.69, 9.17) is 10.1 Å². The van der Waals surface area contributed by atoms with Crippen LogP contribution in [-0.2, 0) is 11.2 Å². The number of nitrogens with zero attached hydrogens (tertiary/aromatic N) is 2. The number of hydrogen-bond acceptors (Lipinski definition) is 7. The molecule has 5 nitrogen and oxygen atoms in total. The Balaban J connectivity index is 1.67. The average Bonchev–Trinajstić information content (AvgIpc) is 3.33. The number of benzene rings is 2. The van der Waals surface area contributed by atoms with Crippen molar-refractivity contribution < 1.29 is 9.53 Å². The van der Waals surface area contributed by atoms with Crippen molar-refractivity contribution >= 4 is 50.8 Å². The Labute approximate surface area is 184 Å². The summed E-state index contributed by atoms with van der Waals surface area (Å²) in [4.78, 5) is 13.7. The molecule has 1 saturated heterocycles. The predicted octanol–water partition coefficient (Wildman–Crippen LogP) is 5.85. The minimum absolute atomic E-state index is 0.0730. The van der Waals surface area contributed by atoms with Crippen molar-refractivity contribution in [2.24, 2.45) is 0 Å². The first-order valence-electron chi connectivity index (χ1n) is 10.1. The predicted molar refractivity (Wildman–Crippen MR) is 125 cm³/mol. The highest BCUT2D eigenvalue weighted by atomic mass is 32.2. The van der Waals surface area contributed by atoms with Gasteiger partial charge in [-0.2, -0.15) is 0 Å². The Morgan fingerprint density at radius 3 is 2.67 bits per heavy atom. The summed E-state index contributed by atoms with van der Waals surface area (Å²) in [7, 11) is 0. The van der Waals surface area contributed by atoms with E-state index in [1.54, 1.807) is 0 Å². The molecule has 1 fully saturated rings. The van der Waals surface area contributed by atoms with Gasteiger partial charge in [-0.15, -0.1) is 21.5 Å². The van der Waals surface area contributed by atoms with Gasteiger partial charge < -0.3 is 4.74 Å². The highest BCUT2D eigenvalue weighted by Gasteiger charge is 2.39. The lowest BCUT2D eigenvalue weighted by atomic mass is 10.0. The average molecular weight is 438 g/mol. The molecule has 0 bridgehead atoms. The molecule has 30 heavy (non-hydrogen) atoms. The first kappa shape index (κ1) is 20.8. The zero-order valence-electron chi connectivity index (χ0n) is 17.0. The lowest BCUT2D eigenvalue weighted by Crippen LogP contribution is -2.11. The van der Waals surface area contributed by atoms with Gasteiger partial charge in [-0.1, -0.05) is 62.4 Å². The van der Waals surface area contributed by atoms with Crippen LogP contribution < -0.4 is 4.74 Å². The molecule has 0 spiro atoms. The van der Waals surface area contributed by atoms with Crippen LogP contribution in [0, 0.1) is 5.41 Å². The molecule has 1 atom stereocenters. The maximum Gasteiger partial charge on any atom is 0.186 e. The smallest absolute Gasteiger partial charge is 0.186 e. The second-order valence-electron chi connectivity index (χ2n) is 7.06. The van der Waals surface area contributed by atoms with E-state index < -0.39 is 5.92 Å². The number of hydrogen-bond donors (Lipinski definition) is 1. The summed E-state index contributed by atoms with van der Waals surface area (Å²) in [5.74, 6) is 0.163. The van der Waals surface area contributed by atoms with Crippen molar-refractivity contribution in [1.29, 1.82) is 5.41 Å². The van der Waals surface area contributed by atoms with Gasteiger partial charge in [0.2, 0.25) is 0 Å². The van der Waals surface area contributed by atoms with E-state index in [2.05, 4.69) is 17.1 Å². The Morgan fingerprint density at radius 1 is 1.13 bits per heavy atom. The molecule has 4 rings (SSSR count). The van der Waals surface area contributed by atoms with Crippen LogP contribution in [0.15, 0.2) is 41.3 Å². The zero-order valence-corrected chi connectivity index (χ0v) is 18.6. The van der Waals surface area contributed by atoms with E-state index in [1.807, 2.05) is 49.4 Å². The highest BCUT2D eigenvalue weighted by Crippen LogP contribution is 2.42. The fraction of sp³-hybridized carbons (Fsp3) is 0.304. The molecule has 154 valence electrons. The summed E-state index contributed by atoms with van der Waals surface area (Å²) in [6.07, 6.45) is 4.77. The van der Waals surface area contributed by atoms with Gasteiger partial charge in [0.05, 0.1) is 16.6 Å². The molecule has 2 heterocycles. The third-order valence-corrected chi connectivity index (χ3v) is 7.11. The van der Waals surface area contributed by atoms with E-state index >= 15 is 0 Å². The first-order chi connectivity index (χ1) is 14.6. The SMILES string of the molecule is CCCCOc1ccc(C=C2SC(=N)C(c3nnc(CC)s3)C2=O)c2ccccc12. The Morgan fingerprint density at radius 2 is 1.93 bits per heavy atom. The number of carbonyl (C=O) groups excluding carboxylic acids is 1. The molecule has 0 radical (unpaired) electrons. The number of nitrogens with one attached hydrogen (secondary N) is 1. The van der Waals surface area contributed by atoms with Crippen LogP contribution in [0.5, 0.6) is 5.75 Å². The van der Waals surface area contributed by atoms with E-state index in [0.717, 1.165) is 46.4 Å². The first-order valence-corrected chi connectivity index (χ1v) is 11.7. The molecule has 0 saturated carbocycles. The van der Waals surface area contributed by atoms with Crippen molar-refractivity contribution in [1.82, 2.24) is 10.2 Å². The highest BCUT2D eigenvalue weighted by molar-refractivity contribution is 8.19. The van der Waals surface area contributed by atoms with E-state index in [9.17, 15) is 4.79 Å². The van der Waals surface area contributed by atoms with Gasteiger partial charge in [0.25, 0.3) is 0 Å². The number of ketones is 1. The van der Waals surface area contributed by atoms with Crippen LogP contribution in [0.25, 0.3) is 16.8 Å². The fourth-order valence-electron chi connectivity index (χ4n) is 3.35. The van der Waals surface area contributed by atoms with Gasteiger partial charge in [0.1, 0.15) is 21.7 Å². The molecular formula is C23H23N3O2S2. The Hall–Kier alpha value is -2.51. The van der Waals surface area contributed by atoms with Crippen LogP contribution in [0.3, 0.4) is 0 Å². The van der Waals surface area contributed by atoms with Gasteiger partial charge in [-0.25, -0.2) is 0 Å². The van der Waals surface area contributed by atoms with Crippen molar-refractivity contribution in [2.45, 2.75) is 39.0 Å². The summed E-state index contributed by atoms with van der Waals surface area (Å²) in [5.41, 5.74) is 0.948. The van der Waals surface area contributed by atoms with Crippen LogP contribution >= 0.6 is 23.1 Å². The standard InChI is InChI=1S/C23H23N3O2S2/c1-3-5-12-28-17-11-10-14(15-8-6-7-9-16(15)17)13-18-21(27)20(22(24)29-18)23-26-25-19(4-2)30-23/h6-11,13,20,24H,3-5,12H2,1-2H3. The van der Waals surface area contributed by atoms with Gasteiger partial charge >= 0.3 is 0 Å². The third-order valence-electron chi connectivity index (χ3n) is 4.98.